The molecular weight excluding hydrogens is 228 g/mol. The number of aliphatic hydroxyl groups is 1. The summed E-state index contributed by atoms with van der Waals surface area (Å²) in [5, 5.41) is 9.91. The summed E-state index contributed by atoms with van der Waals surface area (Å²) in [5.74, 6) is 0.0517. The second-order valence-electron chi connectivity index (χ2n) is 6.69. The van der Waals surface area contributed by atoms with E-state index in [1.807, 2.05) is 13.8 Å². The lowest BCUT2D eigenvalue weighted by Gasteiger charge is -2.42. The number of allylic oxidation sites excluding steroid dienone is 1. The Labute approximate surface area is 108 Å². The Bertz CT molecular complexity index is 443. The molecule has 0 aromatic carbocycles. The maximum atomic E-state index is 12.0. The van der Waals surface area contributed by atoms with Gasteiger partial charge in [0, 0.05) is 17.3 Å². The normalized spacial score (nSPS) is 39.9. The first-order valence-corrected chi connectivity index (χ1v) is 6.62. The van der Waals surface area contributed by atoms with Crippen molar-refractivity contribution in [2.45, 2.75) is 59.0 Å². The summed E-state index contributed by atoms with van der Waals surface area (Å²) in [5.41, 5.74) is -0.847. The van der Waals surface area contributed by atoms with Gasteiger partial charge in [-0.05, 0) is 32.3 Å². The van der Waals surface area contributed by atoms with Crippen molar-refractivity contribution < 1.29 is 14.7 Å². The van der Waals surface area contributed by atoms with Gasteiger partial charge in [0.15, 0.2) is 5.78 Å². The number of hydrogen-bond acceptors (Lipinski definition) is 3. The zero-order valence-electron chi connectivity index (χ0n) is 11.7. The molecule has 2 aliphatic rings. The highest BCUT2D eigenvalue weighted by molar-refractivity contribution is 5.98. The molecule has 0 saturated heterocycles. The van der Waals surface area contributed by atoms with Crippen LogP contribution in [0.4, 0.5) is 0 Å². The molecule has 0 aromatic rings. The molecule has 0 amide bonds. The van der Waals surface area contributed by atoms with Crippen molar-refractivity contribution in [3.05, 3.63) is 11.6 Å². The van der Waals surface area contributed by atoms with E-state index in [4.69, 9.17) is 0 Å². The highest BCUT2D eigenvalue weighted by Crippen LogP contribution is 2.56. The van der Waals surface area contributed by atoms with Crippen molar-refractivity contribution in [1.29, 1.82) is 0 Å². The van der Waals surface area contributed by atoms with E-state index in [1.165, 1.54) is 0 Å². The summed E-state index contributed by atoms with van der Waals surface area (Å²) in [4.78, 5) is 23.9. The van der Waals surface area contributed by atoms with Gasteiger partial charge in [0.2, 0.25) is 0 Å². The lowest BCUT2D eigenvalue weighted by molar-refractivity contribution is -0.132. The third-order valence-electron chi connectivity index (χ3n) is 5.35. The van der Waals surface area contributed by atoms with Gasteiger partial charge in [0.1, 0.15) is 11.4 Å². The first-order valence-electron chi connectivity index (χ1n) is 6.62. The average Bonchev–Trinajstić information content (AvgIpc) is 2.47. The fourth-order valence-corrected chi connectivity index (χ4v) is 3.18. The zero-order chi connectivity index (χ0) is 13.8. The van der Waals surface area contributed by atoms with E-state index in [1.54, 1.807) is 13.0 Å². The molecule has 0 heterocycles. The third kappa shape index (κ3) is 1.68. The Morgan fingerprint density at radius 2 is 1.67 bits per heavy atom. The summed E-state index contributed by atoms with van der Waals surface area (Å²) in [6.45, 7) is 7.59. The molecule has 18 heavy (non-hydrogen) atoms. The quantitative estimate of drug-likeness (QED) is 0.777. The van der Waals surface area contributed by atoms with Crippen LogP contribution < -0.4 is 0 Å². The number of rotatable bonds is 1. The van der Waals surface area contributed by atoms with Crippen LogP contribution in [0.3, 0.4) is 0 Å². The minimum absolute atomic E-state index is 0.222. The van der Waals surface area contributed by atoms with Crippen LogP contribution in [0.5, 0.6) is 0 Å². The fourth-order valence-electron chi connectivity index (χ4n) is 3.18. The fraction of sp³-hybridized carbons (Fsp3) is 0.733. The smallest absolute Gasteiger partial charge is 0.186 e. The third-order valence-corrected chi connectivity index (χ3v) is 5.35. The first-order chi connectivity index (χ1) is 8.11. The number of Topliss-reactive ketones (excluding diaryl/α,β-unsaturated/α-hetero) is 1. The predicted molar refractivity (Wildman–Crippen MR) is 69.1 cm³/mol. The van der Waals surface area contributed by atoms with Crippen LogP contribution in [0.1, 0.15) is 53.4 Å². The van der Waals surface area contributed by atoms with E-state index >= 15 is 0 Å². The molecule has 0 aliphatic heterocycles. The molecule has 1 saturated carbocycles. The molecule has 0 spiro atoms. The summed E-state index contributed by atoms with van der Waals surface area (Å²) >= 11 is 0. The molecule has 2 aliphatic carbocycles. The van der Waals surface area contributed by atoms with E-state index < -0.39 is 11.0 Å². The Morgan fingerprint density at radius 3 is 2.11 bits per heavy atom. The number of carbonyl (C=O) groups is 2. The minimum Gasteiger partial charge on any atom is -0.382 e. The van der Waals surface area contributed by atoms with Gasteiger partial charge in [-0.15, -0.1) is 0 Å². The van der Waals surface area contributed by atoms with Crippen LogP contribution in [0.2, 0.25) is 0 Å². The van der Waals surface area contributed by atoms with Crippen molar-refractivity contribution in [2.75, 3.05) is 0 Å². The second-order valence-corrected chi connectivity index (χ2v) is 6.69. The molecule has 1 N–H and O–H groups in total. The molecule has 0 bridgehead atoms. The van der Waals surface area contributed by atoms with Gasteiger partial charge in [0.25, 0.3) is 0 Å². The van der Waals surface area contributed by atoms with E-state index in [9.17, 15) is 14.7 Å². The maximum absolute atomic E-state index is 12.0. The summed E-state index contributed by atoms with van der Waals surface area (Å²) in [6, 6.07) is 0. The van der Waals surface area contributed by atoms with Gasteiger partial charge in [-0.25, -0.2) is 0 Å². The van der Waals surface area contributed by atoms with Gasteiger partial charge >= 0.3 is 0 Å². The molecule has 3 heteroatoms. The first kappa shape index (κ1) is 13.5. The average molecular weight is 250 g/mol. The molecule has 2 atom stereocenters. The van der Waals surface area contributed by atoms with Gasteiger partial charge in [0.05, 0.1) is 0 Å². The number of ketones is 2. The summed E-state index contributed by atoms with van der Waals surface area (Å²) in [6.07, 6.45) is 4.14. The Balaban J connectivity index is 2.39. The zero-order valence-corrected chi connectivity index (χ0v) is 11.7. The van der Waals surface area contributed by atoms with Crippen LogP contribution in [-0.4, -0.2) is 22.3 Å². The van der Waals surface area contributed by atoms with E-state index in [2.05, 4.69) is 6.92 Å². The molecule has 100 valence electrons. The molecule has 1 fully saturated rings. The highest BCUT2D eigenvalue weighted by Gasteiger charge is 2.54. The van der Waals surface area contributed by atoms with Crippen molar-refractivity contribution in [1.82, 2.24) is 0 Å². The minimum atomic E-state index is -1.23. The highest BCUT2D eigenvalue weighted by atomic mass is 16.3. The van der Waals surface area contributed by atoms with Crippen molar-refractivity contribution in [2.24, 2.45) is 10.8 Å². The SMILES string of the molecule is CC1(O)CCC(C2(C)CCC(=O)C2(C)C)=CC1=O. The Hall–Kier alpha value is -0.960. The topological polar surface area (TPSA) is 54.4 Å². The van der Waals surface area contributed by atoms with Crippen LogP contribution in [0.15, 0.2) is 11.6 Å². The van der Waals surface area contributed by atoms with E-state index in [-0.39, 0.29) is 17.0 Å². The van der Waals surface area contributed by atoms with Crippen LogP contribution >= 0.6 is 0 Å². The van der Waals surface area contributed by atoms with Crippen molar-refractivity contribution in [3.8, 4) is 0 Å². The van der Waals surface area contributed by atoms with Crippen LogP contribution in [0, 0.1) is 10.8 Å². The monoisotopic (exact) mass is 250 g/mol. The van der Waals surface area contributed by atoms with Gasteiger partial charge in [-0.1, -0.05) is 26.3 Å². The van der Waals surface area contributed by atoms with E-state index in [0.29, 0.717) is 19.3 Å². The van der Waals surface area contributed by atoms with Crippen LogP contribution in [-0.2, 0) is 9.59 Å². The van der Waals surface area contributed by atoms with Gasteiger partial charge in [-0.3, -0.25) is 9.59 Å². The Morgan fingerprint density at radius 1 is 1.06 bits per heavy atom. The van der Waals surface area contributed by atoms with Gasteiger partial charge < -0.3 is 5.11 Å². The molecule has 0 aromatic heterocycles. The van der Waals surface area contributed by atoms with Gasteiger partial charge in [-0.2, -0.15) is 0 Å². The van der Waals surface area contributed by atoms with Crippen molar-refractivity contribution in [3.63, 3.8) is 0 Å². The molecule has 3 nitrogen and oxygen atoms in total. The molecule has 2 unspecified atom stereocenters. The summed E-state index contributed by atoms with van der Waals surface area (Å²) < 4.78 is 0. The van der Waals surface area contributed by atoms with Crippen molar-refractivity contribution >= 4 is 11.6 Å². The molecular formula is C15H22O3. The van der Waals surface area contributed by atoms with Crippen LogP contribution in [0.25, 0.3) is 0 Å². The number of hydrogen-bond donors (Lipinski definition) is 1. The van der Waals surface area contributed by atoms with E-state index in [0.717, 1.165) is 12.0 Å². The lowest BCUT2D eigenvalue weighted by Crippen LogP contribution is -2.42. The number of carbonyl (C=O) groups excluding carboxylic acids is 2. The molecule has 2 rings (SSSR count). The largest absolute Gasteiger partial charge is 0.382 e. The predicted octanol–water partition coefficient (Wildman–Crippen LogP) is 2.42. The molecule has 0 radical (unpaired) electrons. The summed E-state index contributed by atoms with van der Waals surface area (Å²) in [7, 11) is 0. The lowest BCUT2D eigenvalue weighted by atomic mass is 9.61. The second kappa shape index (κ2) is 3.77. The maximum Gasteiger partial charge on any atom is 0.186 e. The standard InChI is InChI=1S/C15H22O3/c1-13(2)11(16)6-7-14(13,3)10-5-8-15(4,18)12(17)9-10/h9,18H,5-8H2,1-4H3. The Kier molecular flexibility index (Phi) is 2.82.